The SMILES string of the molecule is C#CCCOc1ccc(F)c(Cl)c1. The van der Waals surface area contributed by atoms with Crippen molar-refractivity contribution in [1.29, 1.82) is 0 Å². The second-order valence-corrected chi connectivity index (χ2v) is 2.79. The van der Waals surface area contributed by atoms with Crippen molar-refractivity contribution in [1.82, 2.24) is 0 Å². The Kier molecular flexibility index (Phi) is 3.60. The molecule has 13 heavy (non-hydrogen) atoms. The van der Waals surface area contributed by atoms with Gasteiger partial charge in [0.1, 0.15) is 11.6 Å². The Morgan fingerprint density at radius 2 is 2.31 bits per heavy atom. The van der Waals surface area contributed by atoms with Gasteiger partial charge in [-0.05, 0) is 12.1 Å². The largest absolute Gasteiger partial charge is 0.493 e. The Balaban J connectivity index is 2.59. The molecule has 0 N–H and O–H groups in total. The van der Waals surface area contributed by atoms with Crippen LogP contribution in [0, 0.1) is 18.2 Å². The fraction of sp³-hybridized carbons (Fsp3) is 0.200. The van der Waals surface area contributed by atoms with Gasteiger partial charge in [0.05, 0.1) is 11.6 Å². The van der Waals surface area contributed by atoms with Crippen LogP contribution in [0.25, 0.3) is 0 Å². The molecule has 0 aliphatic carbocycles. The molecule has 0 aliphatic heterocycles. The fourth-order valence-corrected chi connectivity index (χ4v) is 0.965. The van der Waals surface area contributed by atoms with Crippen molar-refractivity contribution in [2.45, 2.75) is 6.42 Å². The van der Waals surface area contributed by atoms with E-state index < -0.39 is 5.82 Å². The van der Waals surface area contributed by atoms with E-state index >= 15 is 0 Å². The average molecular weight is 199 g/mol. The first-order valence-corrected chi connectivity index (χ1v) is 4.13. The standard InChI is InChI=1S/C10H8ClFO/c1-2-3-6-13-8-4-5-10(12)9(11)7-8/h1,4-5,7H,3,6H2. The summed E-state index contributed by atoms with van der Waals surface area (Å²) >= 11 is 5.53. The van der Waals surface area contributed by atoms with E-state index in [1.807, 2.05) is 0 Å². The number of halogens is 2. The molecule has 1 nitrogen and oxygen atoms in total. The third-order valence-electron chi connectivity index (χ3n) is 1.41. The van der Waals surface area contributed by atoms with Crippen molar-refractivity contribution in [3.63, 3.8) is 0 Å². The van der Waals surface area contributed by atoms with Crippen molar-refractivity contribution in [3.8, 4) is 18.1 Å². The van der Waals surface area contributed by atoms with E-state index in [1.165, 1.54) is 18.2 Å². The fourth-order valence-electron chi connectivity index (χ4n) is 0.794. The van der Waals surface area contributed by atoms with Gasteiger partial charge < -0.3 is 4.74 Å². The lowest BCUT2D eigenvalue weighted by atomic mass is 10.3. The van der Waals surface area contributed by atoms with Crippen molar-refractivity contribution in [3.05, 3.63) is 29.0 Å². The summed E-state index contributed by atoms with van der Waals surface area (Å²) in [6.45, 7) is 0.415. The molecule has 1 rings (SSSR count). The molecule has 0 fully saturated rings. The van der Waals surface area contributed by atoms with Gasteiger partial charge in [-0.3, -0.25) is 0 Å². The zero-order chi connectivity index (χ0) is 9.68. The van der Waals surface area contributed by atoms with Gasteiger partial charge in [0.15, 0.2) is 0 Å². The lowest BCUT2D eigenvalue weighted by Crippen LogP contribution is -1.95. The number of hydrogen-bond acceptors (Lipinski definition) is 1. The molecule has 0 amide bonds. The maximum atomic E-state index is 12.7. The highest BCUT2D eigenvalue weighted by Crippen LogP contribution is 2.20. The Labute approximate surface area is 81.5 Å². The Bertz CT molecular complexity index is 330. The molecule has 1 aromatic carbocycles. The van der Waals surface area contributed by atoms with Gasteiger partial charge in [0.2, 0.25) is 0 Å². The van der Waals surface area contributed by atoms with Crippen LogP contribution in [0.3, 0.4) is 0 Å². The molecule has 0 atom stereocenters. The smallest absolute Gasteiger partial charge is 0.142 e. The van der Waals surface area contributed by atoms with Crippen LogP contribution in [-0.4, -0.2) is 6.61 Å². The maximum absolute atomic E-state index is 12.7. The van der Waals surface area contributed by atoms with Crippen molar-refractivity contribution in [2.24, 2.45) is 0 Å². The molecule has 0 saturated carbocycles. The third-order valence-corrected chi connectivity index (χ3v) is 1.70. The molecule has 0 aromatic heterocycles. The van der Waals surface area contributed by atoms with Gasteiger partial charge in [-0.15, -0.1) is 12.3 Å². The summed E-state index contributed by atoms with van der Waals surface area (Å²) in [4.78, 5) is 0. The number of terminal acetylenes is 1. The van der Waals surface area contributed by atoms with Gasteiger partial charge in [0, 0.05) is 12.5 Å². The van der Waals surface area contributed by atoms with Crippen molar-refractivity contribution in [2.75, 3.05) is 6.61 Å². The molecular formula is C10H8ClFO. The number of rotatable bonds is 3. The number of ether oxygens (including phenoxy) is 1. The predicted molar refractivity (Wildman–Crippen MR) is 50.4 cm³/mol. The van der Waals surface area contributed by atoms with Gasteiger partial charge in [-0.2, -0.15) is 0 Å². The van der Waals surface area contributed by atoms with Crippen LogP contribution >= 0.6 is 11.6 Å². The first kappa shape index (κ1) is 9.88. The Morgan fingerprint density at radius 1 is 1.54 bits per heavy atom. The summed E-state index contributed by atoms with van der Waals surface area (Å²) in [6.07, 6.45) is 5.55. The molecule has 0 radical (unpaired) electrons. The summed E-state index contributed by atoms with van der Waals surface area (Å²) in [6, 6.07) is 4.19. The summed E-state index contributed by atoms with van der Waals surface area (Å²) in [5.74, 6) is 2.51. The molecule has 0 unspecified atom stereocenters. The highest BCUT2D eigenvalue weighted by atomic mass is 35.5. The lowest BCUT2D eigenvalue weighted by Gasteiger charge is -2.03. The highest BCUT2D eigenvalue weighted by molar-refractivity contribution is 6.30. The monoisotopic (exact) mass is 198 g/mol. The molecule has 0 bridgehead atoms. The van der Waals surface area contributed by atoms with Gasteiger partial charge >= 0.3 is 0 Å². The van der Waals surface area contributed by atoms with Crippen LogP contribution in [0.2, 0.25) is 5.02 Å². The molecule has 68 valence electrons. The summed E-state index contributed by atoms with van der Waals surface area (Å²) in [5, 5.41) is 0.0539. The molecule has 0 spiro atoms. The van der Waals surface area contributed by atoms with E-state index in [0.717, 1.165) is 0 Å². The second-order valence-electron chi connectivity index (χ2n) is 2.38. The normalized spacial score (nSPS) is 9.31. The Hall–Kier alpha value is -1.20. The predicted octanol–water partition coefficient (Wildman–Crippen LogP) is 2.88. The summed E-state index contributed by atoms with van der Waals surface area (Å²) < 4.78 is 17.9. The van der Waals surface area contributed by atoms with Crippen LogP contribution in [0.5, 0.6) is 5.75 Å². The van der Waals surface area contributed by atoms with Crippen LogP contribution in [0.4, 0.5) is 4.39 Å². The van der Waals surface area contributed by atoms with Crippen LogP contribution in [0.15, 0.2) is 18.2 Å². The van der Waals surface area contributed by atoms with Gasteiger partial charge in [-0.25, -0.2) is 4.39 Å². The van der Waals surface area contributed by atoms with Crippen LogP contribution in [0.1, 0.15) is 6.42 Å². The third kappa shape index (κ3) is 2.96. The zero-order valence-electron chi connectivity index (χ0n) is 6.89. The zero-order valence-corrected chi connectivity index (χ0v) is 7.64. The van der Waals surface area contributed by atoms with E-state index in [2.05, 4.69) is 5.92 Å². The van der Waals surface area contributed by atoms with Gasteiger partial charge in [0.25, 0.3) is 0 Å². The van der Waals surface area contributed by atoms with Gasteiger partial charge in [-0.1, -0.05) is 11.6 Å². The van der Waals surface area contributed by atoms with Crippen molar-refractivity contribution < 1.29 is 9.13 Å². The van der Waals surface area contributed by atoms with E-state index in [0.29, 0.717) is 18.8 Å². The average Bonchev–Trinajstić information content (AvgIpc) is 2.12. The number of hydrogen-bond donors (Lipinski definition) is 0. The summed E-state index contributed by atoms with van der Waals surface area (Å²) in [5.41, 5.74) is 0. The molecule has 3 heteroatoms. The lowest BCUT2D eigenvalue weighted by molar-refractivity contribution is 0.327. The molecule has 0 heterocycles. The van der Waals surface area contributed by atoms with E-state index in [1.54, 1.807) is 0 Å². The molecule has 1 aromatic rings. The minimum Gasteiger partial charge on any atom is -0.493 e. The minimum absolute atomic E-state index is 0.0539. The first-order chi connectivity index (χ1) is 6.24. The topological polar surface area (TPSA) is 9.23 Å². The van der Waals surface area contributed by atoms with E-state index in [9.17, 15) is 4.39 Å². The first-order valence-electron chi connectivity index (χ1n) is 3.75. The molecular weight excluding hydrogens is 191 g/mol. The van der Waals surface area contributed by atoms with Crippen LogP contribution in [-0.2, 0) is 0 Å². The quantitative estimate of drug-likeness (QED) is 0.536. The van der Waals surface area contributed by atoms with E-state index in [-0.39, 0.29) is 5.02 Å². The minimum atomic E-state index is -0.453. The molecule has 0 saturated heterocycles. The summed E-state index contributed by atoms with van der Waals surface area (Å²) in [7, 11) is 0. The highest BCUT2D eigenvalue weighted by Gasteiger charge is 2.00. The van der Waals surface area contributed by atoms with Crippen molar-refractivity contribution >= 4 is 11.6 Å². The second kappa shape index (κ2) is 4.74. The Morgan fingerprint density at radius 3 is 2.92 bits per heavy atom. The number of benzene rings is 1. The van der Waals surface area contributed by atoms with Crippen LogP contribution < -0.4 is 4.74 Å². The van der Waals surface area contributed by atoms with E-state index in [4.69, 9.17) is 22.8 Å². The molecule has 0 aliphatic rings. The maximum Gasteiger partial charge on any atom is 0.142 e.